The van der Waals surface area contributed by atoms with Gasteiger partial charge in [0.05, 0.1) is 0 Å². The van der Waals surface area contributed by atoms with Crippen molar-refractivity contribution in [3.8, 4) is 0 Å². The Hall–Kier alpha value is -0.770. The van der Waals surface area contributed by atoms with Crippen molar-refractivity contribution in [3.05, 3.63) is 18.0 Å². The molecule has 2 heterocycles. The van der Waals surface area contributed by atoms with Gasteiger partial charge in [-0.1, -0.05) is 0 Å². The molecule has 0 amide bonds. The number of anilines is 1. The average molecular weight is 209 g/mol. The minimum Gasteiger partial charge on any atom is -0.351 e. The van der Waals surface area contributed by atoms with Crippen LogP contribution in [0.4, 0.5) is 5.95 Å². The Morgan fingerprint density at radius 2 is 2.21 bits per heavy atom. The molecule has 1 aliphatic heterocycles. The number of nitrogens with one attached hydrogen (secondary N) is 1. The summed E-state index contributed by atoms with van der Waals surface area (Å²) in [4.78, 5) is 8.54. The fourth-order valence-corrected chi connectivity index (χ4v) is 2.65. The molecule has 0 unspecified atom stereocenters. The molecule has 0 spiro atoms. The van der Waals surface area contributed by atoms with E-state index in [9.17, 15) is 0 Å². The third-order valence-corrected chi connectivity index (χ3v) is 3.40. The number of hydrogen-bond acceptors (Lipinski definition) is 4. The number of aryl methyl sites for hydroxylation is 1. The van der Waals surface area contributed by atoms with E-state index in [2.05, 4.69) is 15.3 Å². The largest absolute Gasteiger partial charge is 0.351 e. The van der Waals surface area contributed by atoms with Crippen LogP contribution >= 0.6 is 11.8 Å². The van der Waals surface area contributed by atoms with Gasteiger partial charge < -0.3 is 5.32 Å². The number of rotatable bonds is 2. The third-order valence-electron chi connectivity index (χ3n) is 2.35. The monoisotopic (exact) mass is 209 g/mol. The van der Waals surface area contributed by atoms with Gasteiger partial charge in [0.1, 0.15) is 0 Å². The first-order chi connectivity index (χ1) is 6.84. The van der Waals surface area contributed by atoms with Crippen LogP contribution in [0.5, 0.6) is 0 Å². The smallest absolute Gasteiger partial charge is 0.223 e. The molecule has 2 rings (SSSR count). The summed E-state index contributed by atoms with van der Waals surface area (Å²) in [5.74, 6) is 3.29. The third kappa shape index (κ3) is 2.61. The normalized spacial score (nSPS) is 18.1. The molecule has 0 aromatic carbocycles. The van der Waals surface area contributed by atoms with Gasteiger partial charge in [0.2, 0.25) is 5.95 Å². The van der Waals surface area contributed by atoms with Gasteiger partial charge in [-0.25, -0.2) is 9.97 Å². The molecule has 0 bridgehead atoms. The van der Waals surface area contributed by atoms with Gasteiger partial charge in [-0.05, 0) is 37.3 Å². The van der Waals surface area contributed by atoms with Crippen molar-refractivity contribution in [1.82, 2.24) is 9.97 Å². The molecule has 4 heteroatoms. The molecule has 0 radical (unpaired) electrons. The summed E-state index contributed by atoms with van der Waals surface area (Å²) in [6.45, 7) is 1.99. The Balaban J connectivity index is 1.95. The topological polar surface area (TPSA) is 37.8 Å². The highest BCUT2D eigenvalue weighted by molar-refractivity contribution is 7.99. The fourth-order valence-electron chi connectivity index (χ4n) is 1.54. The number of aromatic nitrogens is 2. The summed E-state index contributed by atoms with van der Waals surface area (Å²) in [5, 5.41) is 3.39. The maximum absolute atomic E-state index is 4.34. The molecule has 1 aromatic rings. The predicted molar refractivity (Wildman–Crippen MR) is 60.7 cm³/mol. The highest BCUT2D eigenvalue weighted by atomic mass is 32.2. The van der Waals surface area contributed by atoms with Gasteiger partial charge >= 0.3 is 0 Å². The Bertz CT molecular complexity index is 297. The molecule has 1 aromatic heterocycles. The predicted octanol–water partition coefficient (Wildman–Crippen LogP) is 2.09. The van der Waals surface area contributed by atoms with Crippen molar-refractivity contribution in [2.75, 3.05) is 16.8 Å². The summed E-state index contributed by atoms with van der Waals surface area (Å²) in [6, 6.07) is 2.49. The zero-order valence-electron chi connectivity index (χ0n) is 8.36. The second-order valence-electron chi connectivity index (χ2n) is 3.55. The van der Waals surface area contributed by atoms with E-state index in [1.807, 2.05) is 30.9 Å². The van der Waals surface area contributed by atoms with Crippen molar-refractivity contribution in [2.45, 2.75) is 25.8 Å². The van der Waals surface area contributed by atoms with Crippen molar-refractivity contribution >= 4 is 17.7 Å². The summed E-state index contributed by atoms with van der Waals surface area (Å²) < 4.78 is 0. The Morgan fingerprint density at radius 1 is 1.43 bits per heavy atom. The highest BCUT2D eigenvalue weighted by Crippen LogP contribution is 2.19. The van der Waals surface area contributed by atoms with Crippen molar-refractivity contribution < 1.29 is 0 Å². The van der Waals surface area contributed by atoms with Crippen molar-refractivity contribution in [3.63, 3.8) is 0 Å². The van der Waals surface area contributed by atoms with Crippen LogP contribution in [0.15, 0.2) is 12.3 Å². The highest BCUT2D eigenvalue weighted by Gasteiger charge is 2.13. The molecule has 1 saturated heterocycles. The van der Waals surface area contributed by atoms with Gasteiger partial charge in [-0.3, -0.25) is 0 Å². The summed E-state index contributed by atoms with van der Waals surface area (Å²) in [5.41, 5.74) is 1.02. The van der Waals surface area contributed by atoms with E-state index in [0.29, 0.717) is 6.04 Å². The van der Waals surface area contributed by atoms with Crippen molar-refractivity contribution in [2.24, 2.45) is 0 Å². The lowest BCUT2D eigenvalue weighted by Crippen LogP contribution is -2.25. The van der Waals surface area contributed by atoms with Crippen LogP contribution < -0.4 is 5.32 Å². The first kappa shape index (κ1) is 9.77. The lowest BCUT2D eigenvalue weighted by atomic mass is 10.2. The molecule has 1 aliphatic rings. The maximum atomic E-state index is 4.34. The first-order valence-electron chi connectivity index (χ1n) is 4.98. The molecule has 1 N–H and O–H groups in total. The van der Waals surface area contributed by atoms with Crippen molar-refractivity contribution in [1.29, 1.82) is 0 Å². The second kappa shape index (κ2) is 4.64. The fraction of sp³-hybridized carbons (Fsp3) is 0.600. The van der Waals surface area contributed by atoms with Gasteiger partial charge in [0.25, 0.3) is 0 Å². The van der Waals surface area contributed by atoms with Crippen LogP contribution in [0.1, 0.15) is 18.5 Å². The minimum absolute atomic E-state index is 0.568. The van der Waals surface area contributed by atoms with E-state index in [4.69, 9.17) is 0 Å². The molecule has 0 aliphatic carbocycles. The summed E-state index contributed by atoms with van der Waals surface area (Å²) in [6.07, 6.45) is 4.26. The molecule has 1 fully saturated rings. The summed E-state index contributed by atoms with van der Waals surface area (Å²) >= 11 is 2.03. The molecule has 0 atom stereocenters. The number of thioether (sulfide) groups is 1. The Labute approximate surface area is 88.7 Å². The quantitative estimate of drug-likeness (QED) is 0.809. The molecule has 3 nitrogen and oxygen atoms in total. The van der Waals surface area contributed by atoms with Gasteiger partial charge in [0, 0.05) is 17.9 Å². The van der Waals surface area contributed by atoms with E-state index in [-0.39, 0.29) is 0 Å². The standard InChI is InChI=1S/C10H15N3S/c1-8-2-5-11-10(12-8)13-9-3-6-14-7-4-9/h2,5,9H,3-4,6-7H2,1H3,(H,11,12,13). The molecule has 14 heavy (non-hydrogen) atoms. The van der Waals surface area contributed by atoms with E-state index >= 15 is 0 Å². The molecule has 0 saturated carbocycles. The van der Waals surface area contributed by atoms with E-state index in [0.717, 1.165) is 11.6 Å². The zero-order chi connectivity index (χ0) is 9.80. The zero-order valence-corrected chi connectivity index (χ0v) is 9.18. The second-order valence-corrected chi connectivity index (χ2v) is 4.78. The SMILES string of the molecule is Cc1ccnc(NC2CCSCC2)n1. The lowest BCUT2D eigenvalue weighted by molar-refractivity contribution is 0.659. The summed E-state index contributed by atoms with van der Waals surface area (Å²) in [7, 11) is 0. The molecule has 76 valence electrons. The molecular formula is C10H15N3S. The Morgan fingerprint density at radius 3 is 2.93 bits per heavy atom. The maximum Gasteiger partial charge on any atom is 0.223 e. The Kier molecular flexibility index (Phi) is 3.24. The van der Waals surface area contributed by atoms with Crippen LogP contribution in [-0.2, 0) is 0 Å². The average Bonchev–Trinajstić information content (AvgIpc) is 2.19. The van der Waals surface area contributed by atoms with Gasteiger partial charge in [0.15, 0.2) is 0 Å². The minimum atomic E-state index is 0.568. The van der Waals surface area contributed by atoms with Crippen LogP contribution in [0.3, 0.4) is 0 Å². The number of hydrogen-bond donors (Lipinski definition) is 1. The van der Waals surface area contributed by atoms with E-state index in [1.54, 1.807) is 0 Å². The van der Waals surface area contributed by atoms with E-state index < -0.39 is 0 Å². The molecular weight excluding hydrogens is 194 g/mol. The van der Waals surface area contributed by atoms with E-state index in [1.165, 1.54) is 24.3 Å². The van der Waals surface area contributed by atoms with Crippen LogP contribution in [0, 0.1) is 6.92 Å². The van der Waals surface area contributed by atoms with Crippen LogP contribution in [0.2, 0.25) is 0 Å². The van der Waals surface area contributed by atoms with Gasteiger partial charge in [-0.2, -0.15) is 11.8 Å². The number of nitrogens with zero attached hydrogens (tertiary/aromatic N) is 2. The van der Waals surface area contributed by atoms with Gasteiger partial charge in [-0.15, -0.1) is 0 Å². The van der Waals surface area contributed by atoms with Crippen LogP contribution in [0.25, 0.3) is 0 Å². The lowest BCUT2D eigenvalue weighted by Gasteiger charge is -2.22. The first-order valence-corrected chi connectivity index (χ1v) is 6.14. The van der Waals surface area contributed by atoms with Crippen LogP contribution in [-0.4, -0.2) is 27.5 Å².